The molecule has 0 spiro atoms. The molecule has 0 bridgehead atoms. The number of benzene rings is 2. The van der Waals surface area contributed by atoms with E-state index < -0.39 is 5.82 Å². The normalized spacial score (nSPS) is 10.5. The van der Waals surface area contributed by atoms with Crippen LogP contribution in [0.25, 0.3) is 0 Å². The first-order chi connectivity index (χ1) is 12.9. The number of nitrogen functional groups attached to an aromatic ring is 1. The molecule has 0 aliphatic rings. The average molecular weight is 371 g/mol. The van der Waals surface area contributed by atoms with Crippen molar-refractivity contribution in [2.24, 2.45) is 0 Å². The molecule has 0 amide bonds. The summed E-state index contributed by atoms with van der Waals surface area (Å²) in [5, 5.41) is 2.88. The average Bonchev–Trinajstić information content (AvgIpc) is 2.61. The minimum Gasteiger partial charge on any atom is -0.486 e. The molecule has 1 heterocycles. The SMILES string of the molecule is CC(=O)c1ccc(OCc2nc(N)nc(Nc3ccc(F)cc3)n2)cc1F. The second-order valence-corrected chi connectivity index (χ2v) is 5.55. The van der Waals surface area contributed by atoms with Gasteiger partial charge in [0.25, 0.3) is 0 Å². The highest BCUT2D eigenvalue weighted by Crippen LogP contribution is 2.19. The van der Waals surface area contributed by atoms with E-state index in [0.717, 1.165) is 6.07 Å². The van der Waals surface area contributed by atoms with Crippen LogP contribution in [0.4, 0.5) is 26.4 Å². The third kappa shape index (κ3) is 4.72. The Hall–Kier alpha value is -3.62. The number of carbonyl (C=O) groups excluding carboxylic acids is 1. The Bertz CT molecular complexity index is 980. The standard InChI is InChI=1S/C18H15F2N5O2/c1-10(26)14-7-6-13(8-15(14)20)27-9-16-23-17(21)25-18(24-16)22-12-4-2-11(19)3-5-12/h2-8H,9H2,1H3,(H3,21,22,23,24,25). The second kappa shape index (κ2) is 7.73. The molecule has 0 unspecified atom stereocenters. The molecule has 7 nitrogen and oxygen atoms in total. The number of hydrogen-bond acceptors (Lipinski definition) is 7. The second-order valence-electron chi connectivity index (χ2n) is 5.55. The molecule has 0 saturated heterocycles. The summed E-state index contributed by atoms with van der Waals surface area (Å²) in [7, 11) is 0. The van der Waals surface area contributed by atoms with Crippen molar-refractivity contribution in [3.63, 3.8) is 0 Å². The van der Waals surface area contributed by atoms with Crippen molar-refractivity contribution < 1.29 is 18.3 Å². The Morgan fingerprint density at radius 2 is 1.85 bits per heavy atom. The molecule has 1 aromatic heterocycles. The Morgan fingerprint density at radius 3 is 2.52 bits per heavy atom. The topological polar surface area (TPSA) is 103 Å². The van der Waals surface area contributed by atoms with Crippen molar-refractivity contribution in [3.8, 4) is 5.75 Å². The molecule has 3 rings (SSSR count). The van der Waals surface area contributed by atoms with Crippen LogP contribution >= 0.6 is 0 Å². The van der Waals surface area contributed by atoms with Crippen LogP contribution in [0.15, 0.2) is 42.5 Å². The lowest BCUT2D eigenvalue weighted by molar-refractivity contribution is 0.101. The predicted molar refractivity (Wildman–Crippen MR) is 94.7 cm³/mol. The molecule has 0 aliphatic heterocycles. The van der Waals surface area contributed by atoms with Crippen LogP contribution in [-0.2, 0) is 6.61 Å². The van der Waals surface area contributed by atoms with Gasteiger partial charge in [-0.05, 0) is 43.3 Å². The highest BCUT2D eigenvalue weighted by Gasteiger charge is 2.10. The number of Topliss-reactive ketones (excluding diaryl/α,β-unsaturated/α-hetero) is 1. The lowest BCUT2D eigenvalue weighted by atomic mass is 10.1. The number of ketones is 1. The van der Waals surface area contributed by atoms with Gasteiger partial charge in [-0.3, -0.25) is 4.79 Å². The molecule has 27 heavy (non-hydrogen) atoms. The van der Waals surface area contributed by atoms with Gasteiger partial charge in [-0.25, -0.2) is 8.78 Å². The maximum absolute atomic E-state index is 13.8. The van der Waals surface area contributed by atoms with Gasteiger partial charge in [0.2, 0.25) is 11.9 Å². The van der Waals surface area contributed by atoms with E-state index in [2.05, 4.69) is 20.3 Å². The van der Waals surface area contributed by atoms with Crippen LogP contribution in [0.1, 0.15) is 23.1 Å². The molecule has 0 atom stereocenters. The van der Waals surface area contributed by atoms with E-state index in [1.165, 1.54) is 43.3 Å². The van der Waals surface area contributed by atoms with Gasteiger partial charge in [-0.15, -0.1) is 0 Å². The van der Waals surface area contributed by atoms with Crippen LogP contribution in [-0.4, -0.2) is 20.7 Å². The van der Waals surface area contributed by atoms with Crippen molar-refractivity contribution in [2.45, 2.75) is 13.5 Å². The summed E-state index contributed by atoms with van der Waals surface area (Å²) in [5.41, 5.74) is 6.22. The lowest BCUT2D eigenvalue weighted by Gasteiger charge is -2.09. The minimum atomic E-state index is -0.672. The number of hydrogen-bond donors (Lipinski definition) is 2. The molecule has 0 radical (unpaired) electrons. The molecule has 3 N–H and O–H groups in total. The van der Waals surface area contributed by atoms with Crippen LogP contribution in [0.3, 0.4) is 0 Å². The van der Waals surface area contributed by atoms with Gasteiger partial charge in [-0.2, -0.15) is 15.0 Å². The first-order valence-corrected chi connectivity index (χ1v) is 7.87. The zero-order chi connectivity index (χ0) is 19.4. The molecule has 0 saturated carbocycles. The number of nitrogens with two attached hydrogens (primary N) is 1. The zero-order valence-corrected chi connectivity index (χ0v) is 14.2. The third-order valence-electron chi connectivity index (χ3n) is 3.49. The Morgan fingerprint density at radius 1 is 1.11 bits per heavy atom. The van der Waals surface area contributed by atoms with Gasteiger partial charge in [0, 0.05) is 11.8 Å². The minimum absolute atomic E-state index is 0.0162. The van der Waals surface area contributed by atoms with E-state index in [9.17, 15) is 13.6 Å². The molecule has 9 heteroatoms. The van der Waals surface area contributed by atoms with Gasteiger partial charge >= 0.3 is 0 Å². The predicted octanol–water partition coefficient (Wildman–Crippen LogP) is 3.26. The largest absolute Gasteiger partial charge is 0.486 e. The van der Waals surface area contributed by atoms with Crippen molar-refractivity contribution in [1.82, 2.24) is 15.0 Å². The zero-order valence-electron chi connectivity index (χ0n) is 14.2. The van der Waals surface area contributed by atoms with Crippen LogP contribution in [0, 0.1) is 11.6 Å². The van der Waals surface area contributed by atoms with Crippen LogP contribution < -0.4 is 15.8 Å². The fourth-order valence-electron chi connectivity index (χ4n) is 2.24. The quantitative estimate of drug-likeness (QED) is 0.641. The summed E-state index contributed by atoms with van der Waals surface area (Å²) in [5.74, 6) is -0.868. The van der Waals surface area contributed by atoms with Crippen molar-refractivity contribution in [2.75, 3.05) is 11.1 Å². The van der Waals surface area contributed by atoms with E-state index in [1.54, 1.807) is 0 Å². The first-order valence-electron chi connectivity index (χ1n) is 7.87. The summed E-state index contributed by atoms with van der Waals surface area (Å²) in [4.78, 5) is 23.3. The molecule has 3 aromatic rings. The number of carbonyl (C=O) groups is 1. The highest BCUT2D eigenvalue weighted by molar-refractivity contribution is 5.94. The summed E-state index contributed by atoms with van der Waals surface area (Å²) in [6.45, 7) is 1.19. The number of rotatable bonds is 6. The highest BCUT2D eigenvalue weighted by atomic mass is 19.1. The smallest absolute Gasteiger partial charge is 0.232 e. The van der Waals surface area contributed by atoms with E-state index in [0.29, 0.717) is 5.69 Å². The van der Waals surface area contributed by atoms with E-state index >= 15 is 0 Å². The lowest BCUT2D eigenvalue weighted by Crippen LogP contribution is -2.09. The van der Waals surface area contributed by atoms with Crippen molar-refractivity contribution >= 4 is 23.4 Å². The maximum Gasteiger partial charge on any atom is 0.232 e. The number of ether oxygens (including phenoxy) is 1. The van der Waals surface area contributed by atoms with Crippen LogP contribution in [0.5, 0.6) is 5.75 Å². The van der Waals surface area contributed by atoms with E-state index in [4.69, 9.17) is 10.5 Å². The molecular formula is C18H15F2N5O2. The number of nitrogens with zero attached hydrogens (tertiary/aromatic N) is 3. The number of halogens is 2. The Kier molecular flexibility index (Phi) is 5.20. The Balaban J connectivity index is 1.72. The first kappa shape index (κ1) is 18.2. The van der Waals surface area contributed by atoms with Gasteiger partial charge in [-0.1, -0.05) is 0 Å². The number of nitrogens with one attached hydrogen (secondary N) is 1. The van der Waals surface area contributed by atoms with Crippen molar-refractivity contribution in [1.29, 1.82) is 0 Å². The molecule has 2 aromatic carbocycles. The third-order valence-corrected chi connectivity index (χ3v) is 3.49. The summed E-state index contributed by atoms with van der Waals surface area (Å²) < 4.78 is 32.2. The fraction of sp³-hybridized carbons (Fsp3) is 0.111. The molecular weight excluding hydrogens is 356 g/mol. The monoisotopic (exact) mass is 371 g/mol. The van der Waals surface area contributed by atoms with Crippen LogP contribution in [0.2, 0.25) is 0 Å². The number of anilines is 3. The fourth-order valence-corrected chi connectivity index (χ4v) is 2.24. The Labute approximate surface area is 153 Å². The van der Waals surface area contributed by atoms with Gasteiger partial charge in [0.15, 0.2) is 11.6 Å². The van der Waals surface area contributed by atoms with E-state index in [1.807, 2.05) is 0 Å². The molecule has 138 valence electrons. The summed E-state index contributed by atoms with van der Waals surface area (Å²) in [6, 6.07) is 9.54. The van der Waals surface area contributed by atoms with Gasteiger partial charge in [0.05, 0.1) is 5.56 Å². The maximum atomic E-state index is 13.8. The van der Waals surface area contributed by atoms with Gasteiger partial charge in [0.1, 0.15) is 24.0 Å². The number of aromatic nitrogens is 3. The molecule has 0 aliphatic carbocycles. The van der Waals surface area contributed by atoms with Gasteiger partial charge < -0.3 is 15.8 Å². The van der Waals surface area contributed by atoms with Crippen molar-refractivity contribution in [3.05, 3.63) is 65.5 Å². The molecule has 0 fully saturated rings. The van der Waals surface area contributed by atoms with E-state index in [-0.39, 0.29) is 47.2 Å². The summed E-state index contributed by atoms with van der Waals surface area (Å²) >= 11 is 0. The summed E-state index contributed by atoms with van der Waals surface area (Å²) in [6.07, 6.45) is 0.